The van der Waals surface area contributed by atoms with Gasteiger partial charge in [0.15, 0.2) is 0 Å². The van der Waals surface area contributed by atoms with E-state index in [1.54, 1.807) is 0 Å². The number of carbonyl (C=O) groups excluding carboxylic acids is 2. The Morgan fingerprint density at radius 1 is 1.33 bits per heavy atom. The number of urea groups is 1. The molecule has 0 radical (unpaired) electrons. The molecule has 0 saturated carbocycles. The first-order valence-corrected chi connectivity index (χ1v) is 3.21. The average Bonchev–Trinajstić information content (AvgIpc) is 2.05. The highest BCUT2D eigenvalue weighted by molar-refractivity contribution is 6.03. The number of nitrogens with two attached hydrogens (primary N) is 1. The summed E-state index contributed by atoms with van der Waals surface area (Å²) in [7, 11) is 0. The Kier molecular flexibility index (Phi) is 2.37. The first-order chi connectivity index (χ1) is 5.70. The zero-order valence-electron chi connectivity index (χ0n) is 6.15. The highest BCUT2D eigenvalue weighted by atomic mass is 16.2. The standard InChI is InChI=1S/C7H7N3O2/c8-7(12)10-6(11)5-1-3-9-4-2-5/h1-4H,(H3,8,10,11,12). The highest BCUT2D eigenvalue weighted by Gasteiger charge is 2.05. The van der Waals surface area contributed by atoms with Crippen molar-refractivity contribution in [3.05, 3.63) is 30.1 Å². The van der Waals surface area contributed by atoms with E-state index in [0.717, 1.165) is 0 Å². The van der Waals surface area contributed by atoms with E-state index in [9.17, 15) is 9.59 Å². The first-order valence-electron chi connectivity index (χ1n) is 3.21. The molecule has 0 aromatic carbocycles. The van der Waals surface area contributed by atoms with E-state index < -0.39 is 11.9 Å². The first kappa shape index (κ1) is 8.19. The van der Waals surface area contributed by atoms with Gasteiger partial charge in [-0.05, 0) is 12.1 Å². The second kappa shape index (κ2) is 3.47. The number of aromatic nitrogens is 1. The molecule has 62 valence electrons. The lowest BCUT2D eigenvalue weighted by Crippen LogP contribution is -2.34. The van der Waals surface area contributed by atoms with Crippen LogP contribution >= 0.6 is 0 Å². The van der Waals surface area contributed by atoms with Crippen molar-refractivity contribution in [3.63, 3.8) is 0 Å². The fourth-order valence-electron chi connectivity index (χ4n) is 0.687. The van der Waals surface area contributed by atoms with E-state index in [0.29, 0.717) is 5.56 Å². The maximum Gasteiger partial charge on any atom is 0.319 e. The minimum atomic E-state index is -0.864. The molecule has 5 nitrogen and oxygen atoms in total. The number of amides is 3. The van der Waals surface area contributed by atoms with Crippen LogP contribution in [0.2, 0.25) is 0 Å². The van der Waals surface area contributed by atoms with Gasteiger partial charge in [-0.1, -0.05) is 0 Å². The van der Waals surface area contributed by atoms with E-state index >= 15 is 0 Å². The van der Waals surface area contributed by atoms with Gasteiger partial charge in [0.1, 0.15) is 0 Å². The Labute approximate surface area is 68.6 Å². The number of nitrogens with one attached hydrogen (secondary N) is 1. The summed E-state index contributed by atoms with van der Waals surface area (Å²) in [5.41, 5.74) is 5.09. The Hall–Kier alpha value is -1.91. The Bertz CT molecular complexity index is 297. The van der Waals surface area contributed by atoms with Gasteiger partial charge in [0.25, 0.3) is 5.91 Å². The van der Waals surface area contributed by atoms with Crippen molar-refractivity contribution in [3.8, 4) is 0 Å². The van der Waals surface area contributed by atoms with Crippen LogP contribution in [0, 0.1) is 0 Å². The summed E-state index contributed by atoms with van der Waals surface area (Å²) in [4.78, 5) is 25.0. The molecular weight excluding hydrogens is 158 g/mol. The van der Waals surface area contributed by atoms with Gasteiger partial charge in [-0.15, -0.1) is 0 Å². The molecular formula is C7H7N3O2. The molecule has 1 aromatic rings. The molecule has 0 aliphatic carbocycles. The third-order valence-electron chi connectivity index (χ3n) is 1.18. The molecule has 0 unspecified atom stereocenters. The molecule has 1 rings (SSSR count). The quantitative estimate of drug-likeness (QED) is 0.608. The molecule has 3 amide bonds. The second-order valence-corrected chi connectivity index (χ2v) is 2.05. The monoisotopic (exact) mass is 165 g/mol. The average molecular weight is 165 g/mol. The Balaban J connectivity index is 2.73. The van der Waals surface area contributed by atoms with E-state index in [-0.39, 0.29) is 0 Å². The number of pyridine rings is 1. The van der Waals surface area contributed by atoms with Crippen molar-refractivity contribution in [2.45, 2.75) is 0 Å². The number of hydrogen-bond acceptors (Lipinski definition) is 3. The largest absolute Gasteiger partial charge is 0.351 e. The maximum absolute atomic E-state index is 11.0. The maximum atomic E-state index is 11.0. The van der Waals surface area contributed by atoms with Crippen molar-refractivity contribution in [1.29, 1.82) is 0 Å². The summed E-state index contributed by atoms with van der Waals surface area (Å²) in [5, 5.41) is 1.93. The number of imide groups is 1. The minimum absolute atomic E-state index is 0.351. The fraction of sp³-hybridized carbons (Fsp3) is 0. The van der Waals surface area contributed by atoms with Crippen LogP contribution in [0.1, 0.15) is 10.4 Å². The Morgan fingerprint density at radius 2 is 1.92 bits per heavy atom. The molecule has 3 N–H and O–H groups in total. The number of nitrogens with zero attached hydrogens (tertiary/aromatic N) is 1. The number of primary amides is 1. The predicted octanol–water partition coefficient (Wildman–Crippen LogP) is -0.110. The van der Waals surface area contributed by atoms with Crippen LogP contribution in [-0.2, 0) is 0 Å². The molecule has 0 spiro atoms. The van der Waals surface area contributed by atoms with Gasteiger partial charge in [0.05, 0.1) is 0 Å². The third kappa shape index (κ3) is 2.05. The minimum Gasteiger partial charge on any atom is -0.351 e. The van der Waals surface area contributed by atoms with Crippen LogP contribution in [-0.4, -0.2) is 16.9 Å². The van der Waals surface area contributed by atoms with Crippen LogP contribution in [0.15, 0.2) is 24.5 Å². The second-order valence-electron chi connectivity index (χ2n) is 2.05. The van der Waals surface area contributed by atoms with Crippen molar-refractivity contribution in [2.75, 3.05) is 0 Å². The molecule has 5 heteroatoms. The molecule has 0 aliphatic heterocycles. The predicted molar refractivity (Wildman–Crippen MR) is 41.3 cm³/mol. The van der Waals surface area contributed by atoms with Crippen LogP contribution in [0.25, 0.3) is 0 Å². The zero-order valence-corrected chi connectivity index (χ0v) is 6.15. The fourth-order valence-corrected chi connectivity index (χ4v) is 0.687. The summed E-state index contributed by atoms with van der Waals surface area (Å²) in [5.74, 6) is -0.523. The van der Waals surface area contributed by atoms with Gasteiger partial charge in [-0.2, -0.15) is 0 Å². The van der Waals surface area contributed by atoms with Crippen LogP contribution in [0.5, 0.6) is 0 Å². The van der Waals surface area contributed by atoms with E-state index in [1.807, 2.05) is 5.32 Å². The Morgan fingerprint density at radius 3 is 2.42 bits per heavy atom. The number of rotatable bonds is 1. The number of carbonyl (C=O) groups is 2. The third-order valence-corrected chi connectivity index (χ3v) is 1.18. The summed E-state index contributed by atoms with van der Waals surface area (Å²) in [6.07, 6.45) is 2.91. The van der Waals surface area contributed by atoms with Crippen molar-refractivity contribution in [1.82, 2.24) is 10.3 Å². The number of hydrogen-bond donors (Lipinski definition) is 2. The van der Waals surface area contributed by atoms with Crippen LogP contribution in [0.4, 0.5) is 4.79 Å². The van der Waals surface area contributed by atoms with Gasteiger partial charge in [-0.3, -0.25) is 15.1 Å². The topological polar surface area (TPSA) is 85.1 Å². The van der Waals surface area contributed by atoms with Gasteiger partial charge in [0, 0.05) is 18.0 Å². The molecule has 0 saturated heterocycles. The lowest BCUT2D eigenvalue weighted by atomic mass is 10.2. The molecule has 1 heterocycles. The van der Waals surface area contributed by atoms with Gasteiger partial charge in [0.2, 0.25) is 0 Å². The highest BCUT2D eigenvalue weighted by Crippen LogP contribution is 1.94. The summed E-state index contributed by atoms with van der Waals surface area (Å²) >= 11 is 0. The molecule has 0 bridgehead atoms. The molecule has 12 heavy (non-hydrogen) atoms. The van der Waals surface area contributed by atoms with Crippen molar-refractivity contribution < 1.29 is 9.59 Å². The normalized spacial score (nSPS) is 9.00. The smallest absolute Gasteiger partial charge is 0.319 e. The SMILES string of the molecule is NC(=O)NC(=O)c1ccncc1. The van der Waals surface area contributed by atoms with E-state index in [2.05, 4.69) is 4.98 Å². The van der Waals surface area contributed by atoms with Crippen LogP contribution < -0.4 is 11.1 Å². The van der Waals surface area contributed by atoms with Crippen molar-refractivity contribution >= 4 is 11.9 Å². The molecule has 0 atom stereocenters. The summed E-state index contributed by atoms with van der Waals surface area (Å²) < 4.78 is 0. The van der Waals surface area contributed by atoms with Gasteiger partial charge in [-0.25, -0.2) is 4.79 Å². The lowest BCUT2D eigenvalue weighted by molar-refractivity contribution is 0.0966. The van der Waals surface area contributed by atoms with Crippen LogP contribution in [0.3, 0.4) is 0 Å². The van der Waals surface area contributed by atoms with E-state index in [1.165, 1.54) is 24.5 Å². The zero-order chi connectivity index (χ0) is 8.97. The summed E-state index contributed by atoms with van der Waals surface area (Å²) in [6, 6.07) is 2.10. The van der Waals surface area contributed by atoms with Gasteiger partial charge >= 0.3 is 6.03 Å². The molecule has 0 fully saturated rings. The molecule has 1 aromatic heterocycles. The molecule has 0 aliphatic rings. The van der Waals surface area contributed by atoms with Gasteiger partial charge < -0.3 is 5.73 Å². The van der Waals surface area contributed by atoms with Crippen molar-refractivity contribution in [2.24, 2.45) is 5.73 Å². The summed E-state index contributed by atoms with van der Waals surface area (Å²) in [6.45, 7) is 0. The lowest BCUT2D eigenvalue weighted by Gasteiger charge is -1.98. The van der Waals surface area contributed by atoms with E-state index in [4.69, 9.17) is 5.73 Å².